The summed E-state index contributed by atoms with van der Waals surface area (Å²) in [6.45, 7) is 5.56. The lowest BCUT2D eigenvalue weighted by molar-refractivity contribution is 0.625. The van der Waals surface area contributed by atoms with Gasteiger partial charge < -0.3 is 4.90 Å². The first kappa shape index (κ1) is 12.0. The van der Waals surface area contributed by atoms with Crippen LogP contribution in [0.1, 0.15) is 20.3 Å². The van der Waals surface area contributed by atoms with Crippen molar-refractivity contribution in [2.24, 2.45) is 5.92 Å². The number of hydrogen-bond donors (Lipinski definition) is 0. The first-order valence-electron chi connectivity index (χ1n) is 5.45. The maximum Gasteiger partial charge on any atom is 0.190 e. The Morgan fingerprint density at radius 1 is 1.44 bits per heavy atom. The van der Waals surface area contributed by atoms with Crippen molar-refractivity contribution in [2.45, 2.75) is 31.5 Å². The molecule has 1 fully saturated rings. The van der Waals surface area contributed by atoms with Crippen molar-refractivity contribution in [3.8, 4) is 0 Å². The number of hydrogen-bond acceptors (Lipinski definition) is 4. The van der Waals surface area contributed by atoms with Crippen LogP contribution in [0.4, 0.5) is 5.82 Å². The SMILES string of the molecule is CSc1nc(Cl)cc(N2CC(C)CC2C)n1. The summed E-state index contributed by atoms with van der Waals surface area (Å²) in [5.74, 6) is 1.68. The first-order valence-corrected chi connectivity index (χ1v) is 7.05. The third kappa shape index (κ3) is 2.43. The van der Waals surface area contributed by atoms with Gasteiger partial charge in [-0.15, -0.1) is 0 Å². The van der Waals surface area contributed by atoms with Crippen molar-refractivity contribution >= 4 is 29.2 Å². The third-order valence-electron chi connectivity index (χ3n) is 2.92. The molecule has 1 saturated heterocycles. The molecular formula is C11H16ClN3S. The van der Waals surface area contributed by atoms with Crippen LogP contribution in [-0.2, 0) is 0 Å². The molecule has 0 saturated carbocycles. The minimum absolute atomic E-state index is 0.529. The number of nitrogens with zero attached hydrogens (tertiary/aromatic N) is 3. The maximum atomic E-state index is 6.00. The highest BCUT2D eigenvalue weighted by atomic mass is 35.5. The molecule has 2 unspecified atom stereocenters. The Kier molecular flexibility index (Phi) is 3.60. The van der Waals surface area contributed by atoms with E-state index in [2.05, 4.69) is 28.7 Å². The second-order valence-electron chi connectivity index (χ2n) is 4.38. The van der Waals surface area contributed by atoms with E-state index in [0.29, 0.717) is 11.2 Å². The molecule has 5 heteroatoms. The van der Waals surface area contributed by atoms with E-state index in [1.54, 1.807) is 0 Å². The van der Waals surface area contributed by atoms with Crippen LogP contribution >= 0.6 is 23.4 Å². The van der Waals surface area contributed by atoms with E-state index in [0.717, 1.165) is 23.4 Å². The molecule has 1 aromatic heterocycles. The summed E-state index contributed by atoms with van der Waals surface area (Å²) < 4.78 is 0. The van der Waals surface area contributed by atoms with Gasteiger partial charge in [-0.05, 0) is 25.5 Å². The second-order valence-corrected chi connectivity index (χ2v) is 5.54. The average Bonchev–Trinajstić information content (AvgIpc) is 2.57. The monoisotopic (exact) mass is 257 g/mol. The molecule has 0 aliphatic carbocycles. The molecule has 3 nitrogen and oxygen atoms in total. The van der Waals surface area contributed by atoms with Crippen molar-refractivity contribution in [3.63, 3.8) is 0 Å². The first-order chi connectivity index (χ1) is 7.60. The van der Waals surface area contributed by atoms with E-state index in [1.807, 2.05) is 12.3 Å². The van der Waals surface area contributed by atoms with Crippen LogP contribution in [-0.4, -0.2) is 28.8 Å². The lowest BCUT2D eigenvalue weighted by Gasteiger charge is -2.22. The molecule has 0 amide bonds. The minimum atomic E-state index is 0.529. The lowest BCUT2D eigenvalue weighted by atomic mass is 10.1. The highest BCUT2D eigenvalue weighted by Crippen LogP contribution is 2.29. The minimum Gasteiger partial charge on any atom is -0.353 e. The van der Waals surface area contributed by atoms with Crippen LogP contribution < -0.4 is 4.90 Å². The fraction of sp³-hybridized carbons (Fsp3) is 0.636. The molecular weight excluding hydrogens is 242 g/mol. The van der Waals surface area contributed by atoms with Gasteiger partial charge in [-0.1, -0.05) is 30.3 Å². The molecule has 0 aromatic carbocycles. The summed E-state index contributed by atoms with van der Waals surface area (Å²) in [7, 11) is 0. The Balaban J connectivity index is 2.29. The Labute approximate surface area is 106 Å². The van der Waals surface area contributed by atoms with E-state index >= 15 is 0 Å². The zero-order chi connectivity index (χ0) is 11.7. The fourth-order valence-electron chi connectivity index (χ4n) is 2.24. The van der Waals surface area contributed by atoms with Crippen molar-refractivity contribution in [1.82, 2.24) is 9.97 Å². The maximum absolute atomic E-state index is 6.00. The highest BCUT2D eigenvalue weighted by molar-refractivity contribution is 7.98. The normalized spacial score (nSPS) is 25.1. The standard InChI is InChI=1S/C11H16ClN3S/c1-7-4-8(2)15(6-7)10-5-9(12)13-11(14-10)16-3/h5,7-8H,4,6H2,1-3H3. The summed E-state index contributed by atoms with van der Waals surface area (Å²) in [6.07, 6.45) is 3.18. The van der Waals surface area contributed by atoms with Gasteiger partial charge in [0.05, 0.1) is 0 Å². The van der Waals surface area contributed by atoms with Gasteiger partial charge in [-0.25, -0.2) is 9.97 Å². The predicted octanol–water partition coefficient (Wildman–Crippen LogP) is 3.09. The molecule has 88 valence electrons. The molecule has 0 bridgehead atoms. The number of rotatable bonds is 2. The van der Waals surface area contributed by atoms with Gasteiger partial charge >= 0.3 is 0 Å². The van der Waals surface area contributed by atoms with E-state index in [4.69, 9.17) is 11.6 Å². The topological polar surface area (TPSA) is 29.0 Å². The zero-order valence-corrected chi connectivity index (χ0v) is 11.3. The number of anilines is 1. The molecule has 0 spiro atoms. The van der Waals surface area contributed by atoms with E-state index in [1.165, 1.54) is 18.2 Å². The molecule has 2 heterocycles. The van der Waals surface area contributed by atoms with E-state index in [-0.39, 0.29) is 0 Å². The van der Waals surface area contributed by atoms with E-state index in [9.17, 15) is 0 Å². The fourth-order valence-corrected chi connectivity index (χ4v) is 2.85. The lowest BCUT2D eigenvalue weighted by Crippen LogP contribution is -2.27. The Morgan fingerprint density at radius 2 is 2.19 bits per heavy atom. The molecule has 2 atom stereocenters. The summed E-state index contributed by atoms with van der Waals surface area (Å²) in [6, 6.07) is 2.39. The summed E-state index contributed by atoms with van der Waals surface area (Å²) in [5.41, 5.74) is 0. The van der Waals surface area contributed by atoms with Crippen LogP contribution in [0.15, 0.2) is 11.2 Å². The smallest absolute Gasteiger partial charge is 0.190 e. The summed E-state index contributed by atoms with van der Waals surface area (Å²) in [4.78, 5) is 11.0. The number of aromatic nitrogens is 2. The molecule has 1 aromatic rings. The highest BCUT2D eigenvalue weighted by Gasteiger charge is 2.27. The van der Waals surface area contributed by atoms with Crippen molar-refractivity contribution in [2.75, 3.05) is 17.7 Å². The summed E-state index contributed by atoms with van der Waals surface area (Å²) >= 11 is 7.52. The predicted molar refractivity (Wildman–Crippen MR) is 69.4 cm³/mol. The quantitative estimate of drug-likeness (QED) is 0.463. The molecule has 2 rings (SSSR count). The van der Waals surface area contributed by atoms with E-state index < -0.39 is 0 Å². The van der Waals surface area contributed by atoms with Gasteiger partial charge in [-0.2, -0.15) is 0 Å². The zero-order valence-electron chi connectivity index (χ0n) is 9.77. The van der Waals surface area contributed by atoms with Gasteiger partial charge in [0.2, 0.25) is 0 Å². The molecule has 1 aliphatic heterocycles. The summed E-state index contributed by atoms with van der Waals surface area (Å²) in [5, 5.41) is 1.27. The van der Waals surface area contributed by atoms with Crippen LogP contribution in [0.25, 0.3) is 0 Å². The molecule has 0 radical (unpaired) electrons. The van der Waals surface area contributed by atoms with Crippen LogP contribution in [0.5, 0.6) is 0 Å². The van der Waals surface area contributed by atoms with Gasteiger partial charge in [0, 0.05) is 18.7 Å². The van der Waals surface area contributed by atoms with Crippen molar-refractivity contribution in [3.05, 3.63) is 11.2 Å². The molecule has 1 aliphatic rings. The van der Waals surface area contributed by atoms with Gasteiger partial charge in [0.1, 0.15) is 11.0 Å². The number of thioether (sulfide) groups is 1. The third-order valence-corrected chi connectivity index (χ3v) is 3.66. The van der Waals surface area contributed by atoms with Gasteiger partial charge in [0.15, 0.2) is 5.16 Å². The van der Waals surface area contributed by atoms with Crippen LogP contribution in [0.3, 0.4) is 0 Å². The van der Waals surface area contributed by atoms with Crippen molar-refractivity contribution < 1.29 is 0 Å². The van der Waals surface area contributed by atoms with Crippen molar-refractivity contribution in [1.29, 1.82) is 0 Å². The van der Waals surface area contributed by atoms with Gasteiger partial charge in [-0.3, -0.25) is 0 Å². The van der Waals surface area contributed by atoms with Gasteiger partial charge in [0.25, 0.3) is 0 Å². The Hall–Kier alpha value is -0.480. The Bertz CT molecular complexity index is 385. The average molecular weight is 258 g/mol. The van der Waals surface area contributed by atoms with Crippen LogP contribution in [0, 0.1) is 5.92 Å². The second kappa shape index (κ2) is 4.80. The number of halogens is 1. The van der Waals surface area contributed by atoms with Crippen LogP contribution in [0.2, 0.25) is 5.15 Å². The largest absolute Gasteiger partial charge is 0.353 e. The molecule has 16 heavy (non-hydrogen) atoms. The Morgan fingerprint density at radius 3 is 2.75 bits per heavy atom. The molecule has 0 N–H and O–H groups in total.